The highest BCUT2D eigenvalue weighted by Gasteiger charge is 2.37. The summed E-state index contributed by atoms with van der Waals surface area (Å²) >= 11 is 0. The number of allylic oxidation sites excluding steroid dienone is 1. The van der Waals surface area contributed by atoms with E-state index in [9.17, 15) is 4.79 Å². The lowest BCUT2D eigenvalue weighted by molar-refractivity contribution is -0.128. The average molecular weight is 483 g/mol. The monoisotopic (exact) mass is 482 g/mol. The second-order valence-corrected chi connectivity index (χ2v) is 10.9. The van der Waals surface area contributed by atoms with Crippen molar-refractivity contribution in [2.75, 3.05) is 19.6 Å². The van der Waals surface area contributed by atoms with Crippen LogP contribution in [-0.4, -0.2) is 51.5 Å². The van der Waals surface area contributed by atoms with Gasteiger partial charge in [-0.05, 0) is 92.4 Å². The minimum atomic E-state index is 0.195. The van der Waals surface area contributed by atoms with E-state index >= 15 is 0 Å². The van der Waals surface area contributed by atoms with Crippen LogP contribution < -0.4 is 10.7 Å². The first-order valence-corrected chi connectivity index (χ1v) is 13.4. The van der Waals surface area contributed by atoms with Crippen molar-refractivity contribution in [3.05, 3.63) is 64.1 Å². The molecule has 5 heterocycles. The van der Waals surface area contributed by atoms with Crippen LogP contribution in [0.4, 0.5) is 0 Å². The molecule has 7 rings (SSSR count). The Bertz CT molecular complexity index is 1390. The minimum Gasteiger partial charge on any atom is -0.346 e. The molecule has 7 nitrogen and oxygen atoms in total. The molecular weight excluding hydrogens is 448 g/mol. The fraction of sp³-hybridized carbons (Fsp3) is 0.448. The summed E-state index contributed by atoms with van der Waals surface area (Å²) in [4.78, 5) is 23.7. The van der Waals surface area contributed by atoms with Crippen LogP contribution in [0.15, 0.2) is 41.9 Å². The normalized spacial score (nSPS) is 22.1. The molecule has 1 aliphatic carbocycles. The molecule has 2 fully saturated rings. The molecule has 186 valence electrons. The highest BCUT2D eigenvalue weighted by Crippen LogP contribution is 2.37. The summed E-state index contributed by atoms with van der Waals surface area (Å²) in [5.74, 6) is 0.195. The number of amides is 1. The van der Waals surface area contributed by atoms with Gasteiger partial charge in [-0.2, -0.15) is 0 Å². The Balaban J connectivity index is 1.24. The van der Waals surface area contributed by atoms with Gasteiger partial charge in [0.05, 0.1) is 5.57 Å². The Morgan fingerprint density at radius 3 is 2.81 bits per heavy atom. The van der Waals surface area contributed by atoms with Gasteiger partial charge in [0.2, 0.25) is 0 Å². The van der Waals surface area contributed by atoms with Gasteiger partial charge in [-0.3, -0.25) is 4.79 Å². The number of rotatable bonds is 4. The van der Waals surface area contributed by atoms with E-state index in [2.05, 4.69) is 62.7 Å². The summed E-state index contributed by atoms with van der Waals surface area (Å²) in [6.07, 6.45) is 9.66. The molecule has 4 aliphatic rings. The Labute approximate surface area is 211 Å². The van der Waals surface area contributed by atoms with Gasteiger partial charge in [0.25, 0.3) is 5.91 Å². The molecule has 3 aliphatic heterocycles. The van der Waals surface area contributed by atoms with Gasteiger partial charge in [0.15, 0.2) is 0 Å². The van der Waals surface area contributed by atoms with E-state index in [1.807, 2.05) is 12.4 Å². The lowest BCUT2D eigenvalue weighted by Crippen LogP contribution is -2.38. The quantitative estimate of drug-likeness (QED) is 0.522. The molecule has 1 atom stereocenters. The van der Waals surface area contributed by atoms with E-state index in [1.54, 1.807) is 0 Å². The number of hydrazine groups is 1. The maximum atomic E-state index is 13.6. The van der Waals surface area contributed by atoms with Gasteiger partial charge >= 0.3 is 0 Å². The molecule has 2 aromatic heterocycles. The van der Waals surface area contributed by atoms with Gasteiger partial charge in [-0.25, -0.2) is 10.4 Å². The molecule has 0 radical (unpaired) electrons. The molecule has 36 heavy (non-hydrogen) atoms. The number of aromatic amines is 1. The summed E-state index contributed by atoms with van der Waals surface area (Å²) in [5, 5.41) is 7.12. The van der Waals surface area contributed by atoms with Crippen molar-refractivity contribution < 1.29 is 4.79 Å². The van der Waals surface area contributed by atoms with Crippen LogP contribution in [0, 0.1) is 6.92 Å². The molecule has 0 spiro atoms. The lowest BCUT2D eigenvalue weighted by Gasteiger charge is -2.32. The summed E-state index contributed by atoms with van der Waals surface area (Å²) < 4.78 is 0. The van der Waals surface area contributed by atoms with Crippen LogP contribution in [0.25, 0.3) is 22.2 Å². The zero-order valence-electron chi connectivity index (χ0n) is 21.2. The van der Waals surface area contributed by atoms with Crippen LogP contribution in [0.5, 0.6) is 0 Å². The number of nitrogens with one attached hydrogen (secondary N) is 3. The largest absolute Gasteiger partial charge is 0.346 e. The first kappa shape index (κ1) is 22.1. The van der Waals surface area contributed by atoms with Crippen LogP contribution in [0.1, 0.15) is 60.9 Å². The molecule has 1 amide bonds. The third-order valence-corrected chi connectivity index (χ3v) is 8.57. The Morgan fingerprint density at radius 1 is 1.11 bits per heavy atom. The second-order valence-electron chi connectivity index (χ2n) is 10.9. The fourth-order valence-corrected chi connectivity index (χ4v) is 6.30. The number of aryl methyl sites for hydroxylation is 1. The smallest absolute Gasteiger partial charge is 0.253 e. The summed E-state index contributed by atoms with van der Waals surface area (Å²) in [6, 6.07) is 7.88. The van der Waals surface area contributed by atoms with Gasteiger partial charge in [-0.1, -0.05) is 6.07 Å². The molecule has 1 saturated carbocycles. The highest BCUT2D eigenvalue weighted by atomic mass is 16.2. The third kappa shape index (κ3) is 3.64. The molecule has 7 heteroatoms. The van der Waals surface area contributed by atoms with Crippen molar-refractivity contribution >= 4 is 16.9 Å². The first-order valence-electron chi connectivity index (χ1n) is 13.4. The Kier molecular flexibility index (Phi) is 5.18. The van der Waals surface area contributed by atoms with Gasteiger partial charge in [-0.15, -0.1) is 0 Å². The summed E-state index contributed by atoms with van der Waals surface area (Å²) in [5.41, 5.74) is 14.1. The minimum absolute atomic E-state index is 0.195. The van der Waals surface area contributed by atoms with Crippen molar-refractivity contribution in [3.8, 4) is 11.1 Å². The number of benzene rings is 1. The van der Waals surface area contributed by atoms with Crippen molar-refractivity contribution in [2.24, 2.45) is 0 Å². The van der Waals surface area contributed by atoms with E-state index in [1.165, 1.54) is 52.5 Å². The first-order chi connectivity index (χ1) is 17.6. The number of aromatic nitrogens is 2. The predicted molar refractivity (Wildman–Crippen MR) is 141 cm³/mol. The number of H-pyrrole nitrogens is 1. The maximum Gasteiger partial charge on any atom is 0.253 e. The van der Waals surface area contributed by atoms with Gasteiger partial charge in [0, 0.05) is 60.8 Å². The predicted octanol–water partition coefficient (Wildman–Crippen LogP) is 4.10. The van der Waals surface area contributed by atoms with E-state index in [0.717, 1.165) is 48.4 Å². The van der Waals surface area contributed by atoms with Crippen LogP contribution in [0.2, 0.25) is 0 Å². The van der Waals surface area contributed by atoms with Crippen molar-refractivity contribution in [3.63, 3.8) is 0 Å². The molecular formula is C29H34N6O. The molecule has 1 aromatic carbocycles. The van der Waals surface area contributed by atoms with Crippen molar-refractivity contribution in [2.45, 2.75) is 64.6 Å². The molecule has 0 bridgehead atoms. The molecule has 3 aromatic rings. The SMILES string of the molecule is CC1=C(C(=O)N2CCc3cc(-c4cnc5[nH]cc(C)c5c4)cc([C@@H]4CCCN4)c3C2)CNN1C1CC1. The van der Waals surface area contributed by atoms with E-state index in [-0.39, 0.29) is 5.91 Å². The zero-order chi connectivity index (χ0) is 24.4. The molecule has 1 saturated heterocycles. The Hall–Kier alpha value is -3.16. The van der Waals surface area contributed by atoms with Crippen LogP contribution in [-0.2, 0) is 17.8 Å². The number of carbonyl (C=O) groups is 1. The lowest BCUT2D eigenvalue weighted by atomic mass is 9.87. The molecule has 0 unspecified atom stereocenters. The average Bonchev–Trinajstić information content (AvgIpc) is 3.27. The van der Waals surface area contributed by atoms with Gasteiger partial charge in [0.1, 0.15) is 5.65 Å². The van der Waals surface area contributed by atoms with Crippen LogP contribution >= 0.6 is 0 Å². The highest BCUT2D eigenvalue weighted by molar-refractivity contribution is 5.95. The molecule has 3 N–H and O–H groups in total. The van der Waals surface area contributed by atoms with E-state index in [0.29, 0.717) is 25.2 Å². The van der Waals surface area contributed by atoms with E-state index in [4.69, 9.17) is 0 Å². The number of pyridine rings is 1. The van der Waals surface area contributed by atoms with Crippen molar-refractivity contribution in [1.29, 1.82) is 0 Å². The number of nitrogens with zero attached hydrogens (tertiary/aromatic N) is 3. The second kappa shape index (κ2) is 8.46. The summed E-state index contributed by atoms with van der Waals surface area (Å²) in [7, 11) is 0. The standard InChI is InChI=1S/C29H34N6O/c1-17-13-31-28-23(17)12-21(14-32-28)20-10-19-7-9-34(16-26(19)24(11-20)27-4-3-8-30-27)29(36)25-15-33-35(18(25)2)22-5-6-22/h10-14,22,27,30,33H,3-9,15-16H2,1-2H3,(H,31,32)/t27-/m0/s1. The summed E-state index contributed by atoms with van der Waals surface area (Å²) in [6.45, 7) is 7.38. The fourth-order valence-electron chi connectivity index (χ4n) is 6.30. The Morgan fingerprint density at radius 2 is 2.00 bits per heavy atom. The number of carbonyl (C=O) groups excluding carboxylic acids is 1. The van der Waals surface area contributed by atoms with Crippen molar-refractivity contribution in [1.82, 2.24) is 30.6 Å². The maximum absolute atomic E-state index is 13.6. The number of fused-ring (bicyclic) bond motifs is 2. The van der Waals surface area contributed by atoms with Gasteiger partial charge < -0.3 is 20.2 Å². The third-order valence-electron chi connectivity index (χ3n) is 8.57. The van der Waals surface area contributed by atoms with E-state index < -0.39 is 0 Å². The number of hydrogen-bond acceptors (Lipinski definition) is 5. The number of hydrogen-bond donors (Lipinski definition) is 3. The zero-order valence-corrected chi connectivity index (χ0v) is 21.2. The van der Waals surface area contributed by atoms with Crippen LogP contribution in [0.3, 0.4) is 0 Å². The topological polar surface area (TPSA) is 76.3 Å².